The van der Waals surface area contributed by atoms with E-state index < -0.39 is 0 Å². The number of thiazole rings is 1. The third kappa shape index (κ3) is 2.92. The Hall–Kier alpha value is -1.24. The molecule has 0 aliphatic carbocycles. The molecule has 106 valence electrons. The van der Waals surface area contributed by atoms with Gasteiger partial charge in [-0.1, -0.05) is 0 Å². The summed E-state index contributed by atoms with van der Waals surface area (Å²) < 4.78 is 4.81. The van der Waals surface area contributed by atoms with Crippen LogP contribution < -0.4 is 0 Å². The predicted octanol–water partition coefficient (Wildman–Crippen LogP) is 2.87. The summed E-state index contributed by atoms with van der Waals surface area (Å²) in [5.41, 5.74) is 2.28. The van der Waals surface area contributed by atoms with E-state index in [0.29, 0.717) is 0 Å². The second kappa shape index (κ2) is 6.03. The molecule has 3 rings (SSSR count). The van der Waals surface area contributed by atoms with E-state index in [1.54, 1.807) is 22.7 Å². The van der Waals surface area contributed by atoms with Gasteiger partial charge in [-0.25, -0.2) is 4.98 Å². The van der Waals surface area contributed by atoms with Crippen molar-refractivity contribution in [2.24, 2.45) is 5.92 Å². The molecule has 20 heavy (non-hydrogen) atoms. The van der Waals surface area contributed by atoms with Crippen LogP contribution >= 0.6 is 22.7 Å². The van der Waals surface area contributed by atoms with Crippen LogP contribution in [0.25, 0.3) is 10.6 Å². The third-order valence-corrected chi connectivity index (χ3v) is 5.14. The number of thiophene rings is 1. The molecule has 0 spiro atoms. The number of hydrogen-bond donors (Lipinski definition) is 0. The number of carbonyl (C=O) groups is 1. The Morgan fingerprint density at radius 3 is 3.20 bits per heavy atom. The summed E-state index contributed by atoms with van der Waals surface area (Å²) in [6.45, 7) is 2.52. The lowest BCUT2D eigenvalue weighted by Crippen LogP contribution is -2.23. The van der Waals surface area contributed by atoms with E-state index in [9.17, 15) is 4.79 Å². The minimum absolute atomic E-state index is 0.0231. The summed E-state index contributed by atoms with van der Waals surface area (Å²) in [6, 6.07) is 2.09. The molecule has 2 aromatic rings. The van der Waals surface area contributed by atoms with Crippen molar-refractivity contribution in [1.82, 2.24) is 9.88 Å². The molecule has 0 bridgehead atoms. The van der Waals surface area contributed by atoms with Crippen molar-refractivity contribution in [2.45, 2.75) is 13.0 Å². The molecule has 2 aromatic heterocycles. The number of ether oxygens (including phenoxy) is 1. The van der Waals surface area contributed by atoms with Gasteiger partial charge in [0.05, 0.1) is 18.7 Å². The van der Waals surface area contributed by atoms with E-state index in [1.165, 1.54) is 12.7 Å². The molecule has 0 aromatic carbocycles. The lowest BCUT2D eigenvalue weighted by molar-refractivity contribution is -0.144. The summed E-state index contributed by atoms with van der Waals surface area (Å²) in [5, 5.41) is 7.37. The van der Waals surface area contributed by atoms with Crippen LogP contribution in [0.5, 0.6) is 0 Å². The van der Waals surface area contributed by atoms with E-state index in [0.717, 1.165) is 36.8 Å². The molecule has 1 unspecified atom stereocenters. The van der Waals surface area contributed by atoms with Crippen LogP contribution in [0.4, 0.5) is 0 Å². The lowest BCUT2D eigenvalue weighted by Gasteiger charge is -2.13. The van der Waals surface area contributed by atoms with Gasteiger partial charge < -0.3 is 4.74 Å². The van der Waals surface area contributed by atoms with Gasteiger partial charge in [0.25, 0.3) is 0 Å². The van der Waals surface area contributed by atoms with Crippen LogP contribution in [0, 0.1) is 5.92 Å². The summed E-state index contributed by atoms with van der Waals surface area (Å²) in [6.07, 6.45) is 0.883. The average Bonchev–Trinajstić information content (AvgIpc) is 3.19. The summed E-state index contributed by atoms with van der Waals surface area (Å²) in [5.74, 6) is -0.0697. The van der Waals surface area contributed by atoms with Gasteiger partial charge in [0.1, 0.15) is 5.01 Å². The minimum Gasteiger partial charge on any atom is -0.469 e. The second-order valence-electron chi connectivity index (χ2n) is 4.90. The predicted molar refractivity (Wildman–Crippen MR) is 80.8 cm³/mol. The summed E-state index contributed by atoms with van der Waals surface area (Å²) in [4.78, 5) is 18.5. The lowest BCUT2D eigenvalue weighted by atomic mass is 10.1. The van der Waals surface area contributed by atoms with E-state index in [1.807, 2.05) is 0 Å². The molecule has 0 N–H and O–H groups in total. The van der Waals surface area contributed by atoms with Crippen molar-refractivity contribution >= 4 is 28.6 Å². The first-order valence-electron chi connectivity index (χ1n) is 6.53. The van der Waals surface area contributed by atoms with Crippen molar-refractivity contribution in [3.63, 3.8) is 0 Å². The normalized spacial score (nSPS) is 19.4. The first-order chi connectivity index (χ1) is 9.76. The SMILES string of the molecule is COC(=O)C1CCN(Cc2csc(-c3ccsc3)n2)C1. The maximum absolute atomic E-state index is 11.5. The van der Waals surface area contributed by atoms with Crippen LogP contribution in [0.1, 0.15) is 12.1 Å². The smallest absolute Gasteiger partial charge is 0.310 e. The van der Waals surface area contributed by atoms with Crippen LogP contribution in [0.2, 0.25) is 0 Å². The number of esters is 1. The van der Waals surface area contributed by atoms with Crippen molar-refractivity contribution in [3.8, 4) is 10.6 Å². The first kappa shape index (κ1) is 13.7. The third-order valence-electron chi connectivity index (χ3n) is 3.51. The van der Waals surface area contributed by atoms with E-state index in [4.69, 9.17) is 4.74 Å². The maximum atomic E-state index is 11.5. The van der Waals surface area contributed by atoms with Crippen LogP contribution in [0.15, 0.2) is 22.2 Å². The average molecular weight is 308 g/mol. The fourth-order valence-electron chi connectivity index (χ4n) is 2.46. The molecule has 6 heteroatoms. The molecular weight excluding hydrogens is 292 g/mol. The van der Waals surface area contributed by atoms with Crippen molar-refractivity contribution < 1.29 is 9.53 Å². The molecule has 4 nitrogen and oxygen atoms in total. The Balaban J connectivity index is 1.61. The molecule has 1 atom stereocenters. The van der Waals surface area contributed by atoms with E-state index in [-0.39, 0.29) is 11.9 Å². The summed E-state index contributed by atoms with van der Waals surface area (Å²) >= 11 is 3.37. The molecule has 1 aliphatic heterocycles. The summed E-state index contributed by atoms with van der Waals surface area (Å²) in [7, 11) is 1.46. The Kier molecular flexibility index (Phi) is 4.14. The first-order valence-corrected chi connectivity index (χ1v) is 8.35. The Morgan fingerprint density at radius 2 is 2.45 bits per heavy atom. The van der Waals surface area contributed by atoms with Gasteiger partial charge in [0.15, 0.2) is 0 Å². The molecule has 0 amide bonds. The molecule has 0 radical (unpaired) electrons. The second-order valence-corrected chi connectivity index (χ2v) is 6.54. The highest BCUT2D eigenvalue weighted by molar-refractivity contribution is 7.14. The van der Waals surface area contributed by atoms with Gasteiger partial charge in [-0.05, 0) is 24.4 Å². The van der Waals surface area contributed by atoms with Gasteiger partial charge in [-0.15, -0.1) is 11.3 Å². The zero-order valence-corrected chi connectivity index (χ0v) is 12.9. The fraction of sp³-hybridized carbons (Fsp3) is 0.429. The Morgan fingerprint density at radius 1 is 1.55 bits per heavy atom. The van der Waals surface area contributed by atoms with Gasteiger partial charge >= 0.3 is 5.97 Å². The topological polar surface area (TPSA) is 42.4 Å². The van der Waals surface area contributed by atoms with Gasteiger partial charge in [0.2, 0.25) is 0 Å². The molecule has 3 heterocycles. The zero-order valence-electron chi connectivity index (χ0n) is 11.2. The molecule has 1 saturated heterocycles. The highest BCUT2D eigenvalue weighted by Gasteiger charge is 2.29. The monoisotopic (exact) mass is 308 g/mol. The number of carbonyl (C=O) groups excluding carboxylic acids is 1. The van der Waals surface area contributed by atoms with Crippen molar-refractivity contribution in [1.29, 1.82) is 0 Å². The van der Waals surface area contributed by atoms with Gasteiger partial charge in [-0.3, -0.25) is 9.69 Å². The van der Waals surface area contributed by atoms with E-state index >= 15 is 0 Å². The zero-order chi connectivity index (χ0) is 13.9. The molecule has 1 aliphatic rings. The standard InChI is InChI=1S/C14H16N2O2S2/c1-18-14(17)10-2-4-16(6-10)7-12-9-20-13(15-12)11-3-5-19-8-11/h3,5,8-10H,2,4,6-7H2,1H3. The number of aromatic nitrogens is 1. The van der Waals surface area contributed by atoms with Gasteiger partial charge in [-0.2, -0.15) is 11.3 Å². The largest absolute Gasteiger partial charge is 0.469 e. The molecule has 1 fully saturated rings. The fourth-order valence-corrected chi connectivity index (χ4v) is 3.99. The quantitative estimate of drug-likeness (QED) is 0.815. The number of nitrogens with zero attached hydrogens (tertiary/aromatic N) is 2. The maximum Gasteiger partial charge on any atom is 0.310 e. The van der Waals surface area contributed by atoms with Crippen molar-refractivity contribution in [3.05, 3.63) is 27.9 Å². The number of methoxy groups -OCH3 is 1. The minimum atomic E-state index is -0.0928. The van der Waals surface area contributed by atoms with Crippen LogP contribution in [-0.4, -0.2) is 36.1 Å². The Bertz CT molecular complexity index is 580. The van der Waals surface area contributed by atoms with Crippen LogP contribution in [-0.2, 0) is 16.1 Å². The van der Waals surface area contributed by atoms with Gasteiger partial charge in [0, 0.05) is 29.4 Å². The number of rotatable bonds is 4. The molecular formula is C14H16N2O2S2. The number of likely N-dealkylation sites (tertiary alicyclic amines) is 1. The Labute approximate surface area is 126 Å². The number of hydrogen-bond acceptors (Lipinski definition) is 6. The van der Waals surface area contributed by atoms with Crippen LogP contribution in [0.3, 0.4) is 0 Å². The highest BCUT2D eigenvalue weighted by Crippen LogP contribution is 2.27. The molecule has 0 saturated carbocycles. The van der Waals surface area contributed by atoms with Crippen molar-refractivity contribution in [2.75, 3.05) is 20.2 Å². The highest BCUT2D eigenvalue weighted by atomic mass is 32.1. The van der Waals surface area contributed by atoms with E-state index in [2.05, 4.69) is 32.1 Å².